The summed E-state index contributed by atoms with van der Waals surface area (Å²) in [5.41, 5.74) is -0.0246. The molecule has 1 heterocycles. The fourth-order valence-corrected chi connectivity index (χ4v) is 0.997. The van der Waals surface area contributed by atoms with Gasteiger partial charge in [-0.2, -0.15) is 4.39 Å². The lowest BCUT2D eigenvalue weighted by Crippen LogP contribution is -2.14. The lowest BCUT2D eigenvalue weighted by molar-refractivity contribution is 0.444. The molecule has 12 heavy (non-hydrogen) atoms. The first-order valence-electron chi connectivity index (χ1n) is 3.73. The average Bonchev–Trinajstić information content (AvgIpc) is 1.92. The van der Waals surface area contributed by atoms with Gasteiger partial charge in [-0.05, 0) is 17.0 Å². The maximum absolute atomic E-state index is 13.1. The fourth-order valence-electron chi connectivity index (χ4n) is 0.997. The Balaban J connectivity index is 3.26. The van der Waals surface area contributed by atoms with E-state index in [0.29, 0.717) is 5.56 Å². The van der Waals surface area contributed by atoms with Crippen LogP contribution in [0, 0.1) is 11.8 Å². The summed E-state index contributed by atoms with van der Waals surface area (Å²) in [4.78, 5) is 3.21. The van der Waals surface area contributed by atoms with E-state index in [1.54, 1.807) is 0 Å². The molecule has 1 rings (SSSR count). The minimum absolute atomic E-state index is 0.356. The molecule has 0 aliphatic rings. The Morgan fingerprint density at radius 2 is 1.83 bits per heavy atom. The third kappa shape index (κ3) is 1.60. The minimum atomic E-state index is -1.03. The van der Waals surface area contributed by atoms with Crippen molar-refractivity contribution in [3.8, 4) is 0 Å². The van der Waals surface area contributed by atoms with Crippen LogP contribution in [0.25, 0.3) is 0 Å². The highest BCUT2D eigenvalue weighted by Gasteiger charge is 2.20. The van der Waals surface area contributed by atoms with Gasteiger partial charge in [0.25, 0.3) is 0 Å². The maximum Gasteiger partial charge on any atom is 0.249 e. The van der Waals surface area contributed by atoms with E-state index < -0.39 is 11.8 Å². The molecule has 0 aliphatic heterocycles. The van der Waals surface area contributed by atoms with Crippen molar-refractivity contribution in [2.24, 2.45) is 0 Å². The molecule has 0 amide bonds. The normalized spacial score (nSPS) is 11.8. The zero-order valence-corrected chi connectivity index (χ0v) is 7.36. The van der Waals surface area contributed by atoms with Gasteiger partial charge < -0.3 is 0 Å². The Morgan fingerprint density at radius 3 is 2.25 bits per heavy atom. The summed E-state index contributed by atoms with van der Waals surface area (Å²) in [6, 6.07) is 1.50. The fraction of sp³-hybridized carbons (Fsp3) is 0.444. The van der Waals surface area contributed by atoms with E-state index in [1.807, 2.05) is 20.8 Å². The van der Waals surface area contributed by atoms with Gasteiger partial charge in [0.15, 0.2) is 5.82 Å². The molecule has 0 radical (unpaired) electrons. The Hall–Kier alpha value is -0.990. The van der Waals surface area contributed by atoms with Crippen LogP contribution >= 0.6 is 0 Å². The summed E-state index contributed by atoms with van der Waals surface area (Å²) < 4.78 is 25.7. The molecule has 1 aromatic heterocycles. The first kappa shape index (κ1) is 9.10. The van der Waals surface area contributed by atoms with Crippen LogP contribution in [0.5, 0.6) is 0 Å². The molecule has 3 heteroatoms. The first-order valence-corrected chi connectivity index (χ1v) is 3.73. The number of hydrogen-bond acceptors (Lipinski definition) is 1. The monoisotopic (exact) mass is 171 g/mol. The lowest BCUT2D eigenvalue weighted by Gasteiger charge is -2.18. The summed E-state index contributed by atoms with van der Waals surface area (Å²) in [6.45, 7) is 5.47. The second-order valence-corrected chi connectivity index (χ2v) is 3.71. The molecule has 1 nitrogen and oxygen atoms in total. The third-order valence-electron chi connectivity index (χ3n) is 1.65. The molecule has 0 atom stereocenters. The van der Waals surface area contributed by atoms with Crippen molar-refractivity contribution in [3.05, 3.63) is 29.6 Å². The van der Waals surface area contributed by atoms with Crippen LogP contribution in [0.3, 0.4) is 0 Å². The highest BCUT2D eigenvalue weighted by molar-refractivity contribution is 5.21. The number of rotatable bonds is 0. The largest absolute Gasteiger partial charge is 0.249 e. The van der Waals surface area contributed by atoms with E-state index in [2.05, 4.69) is 4.98 Å². The second-order valence-electron chi connectivity index (χ2n) is 3.71. The highest BCUT2D eigenvalue weighted by Crippen LogP contribution is 2.24. The zero-order chi connectivity index (χ0) is 9.35. The Kier molecular flexibility index (Phi) is 2.13. The molecule has 0 spiro atoms. The van der Waals surface area contributed by atoms with Gasteiger partial charge in [-0.1, -0.05) is 20.8 Å². The van der Waals surface area contributed by atoms with Gasteiger partial charge in [0, 0.05) is 6.20 Å². The van der Waals surface area contributed by atoms with Crippen LogP contribution in [-0.4, -0.2) is 4.98 Å². The zero-order valence-electron chi connectivity index (χ0n) is 7.36. The second kappa shape index (κ2) is 2.81. The van der Waals surface area contributed by atoms with E-state index in [4.69, 9.17) is 0 Å². The molecule has 0 aliphatic carbocycles. The van der Waals surface area contributed by atoms with Crippen molar-refractivity contribution in [2.45, 2.75) is 26.2 Å². The van der Waals surface area contributed by atoms with Crippen LogP contribution in [-0.2, 0) is 5.41 Å². The molecule has 0 bridgehead atoms. The van der Waals surface area contributed by atoms with Crippen LogP contribution in [0.15, 0.2) is 12.3 Å². The standard InChI is InChI=1S/C9H11F2N/c1-9(2,3)6-4-5-12-8(11)7(6)10/h4-5H,1-3H3. The summed E-state index contributed by atoms with van der Waals surface area (Å²) in [7, 11) is 0. The van der Waals surface area contributed by atoms with Crippen LogP contribution in [0.4, 0.5) is 8.78 Å². The Labute approximate surface area is 70.4 Å². The molecule has 0 aromatic carbocycles. The molecular formula is C9H11F2N. The molecule has 0 fully saturated rings. The number of hydrogen-bond donors (Lipinski definition) is 0. The van der Waals surface area contributed by atoms with Gasteiger partial charge in [0.2, 0.25) is 5.95 Å². The minimum Gasteiger partial charge on any atom is -0.226 e. The summed E-state index contributed by atoms with van der Waals surface area (Å²) in [5, 5.41) is 0. The van der Waals surface area contributed by atoms with Gasteiger partial charge in [-0.3, -0.25) is 0 Å². The number of pyridine rings is 1. The van der Waals surface area contributed by atoms with Crippen molar-refractivity contribution < 1.29 is 8.78 Å². The van der Waals surface area contributed by atoms with Gasteiger partial charge in [-0.25, -0.2) is 9.37 Å². The van der Waals surface area contributed by atoms with Crippen molar-refractivity contribution in [1.29, 1.82) is 0 Å². The Bertz CT molecular complexity index is 289. The molecule has 66 valence electrons. The predicted molar refractivity (Wildman–Crippen MR) is 42.9 cm³/mol. The third-order valence-corrected chi connectivity index (χ3v) is 1.65. The highest BCUT2D eigenvalue weighted by atomic mass is 19.2. The SMILES string of the molecule is CC(C)(C)c1ccnc(F)c1F. The van der Waals surface area contributed by atoms with Gasteiger partial charge in [0.1, 0.15) is 0 Å². The van der Waals surface area contributed by atoms with Gasteiger partial charge in [0.05, 0.1) is 0 Å². The molecule has 0 saturated heterocycles. The van der Waals surface area contributed by atoms with E-state index >= 15 is 0 Å². The van der Waals surface area contributed by atoms with E-state index in [9.17, 15) is 8.78 Å². The summed E-state index contributed by atoms with van der Waals surface area (Å²) in [6.07, 6.45) is 1.28. The van der Waals surface area contributed by atoms with Crippen LogP contribution in [0.2, 0.25) is 0 Å². The van der Waals surface area contributed by atoms with Crippen molar-refractivity contribution in [1.82, 2.24) is 4.98 Å². The molecule has 1 aromatic rings. The van der Waals surface area contributed by atoms with Crippen molar-refractivity contribution in [2.75, 3.05) is 0 Å². The van der Waals surface area contributed by atoms with Crippen LogP contribution in [0.1, 0.15) is 26.3 Å². The smallest absolute Gasteiger partial charge is 0.226 e. The topological polar surface area (TPSA) is 12.9 Å². The molecule has 0 saturated carbocycles. The number of aromatic nitrogens is 1. The predicted octanol–water partition coefficient (Wildman–Crippen LogP) is 2.66. The quantitative estimate of drug-likeness (QED) is 0.547. The maximum atomic E-state index is 13.1. The van der Waals surface area contributed by atoms with E-state index in [1.165, 1.54) is 12.3 Å². The summed E-state index contributed by atoms with van der Waals surface area (Å²) in [5.74, 6) is -1.87. The van der Waals surface area contributed by atoms with E-state index in [0.717, 1.165) is 0 Å². The van der Waals surface area contributed by atoms with Crippen LogP contribution < -0.4 is 0 Å². The van der Waals surface area contributed by atoms with Gasteiger partial charge >= 0.3 is 0 Å². The lowest BCUT2D eigenvalue weighted by atomic mass is 9.87. The van der Waals surface area contributed by atoms with Crippen molar-refractivity contribution in [3.63, 3.8) is 0 Å². The molecule has 0 N–H and O–H groups in total. The molecular weight excluding hydrogens is 160 g/mol. The van der Waals surface area contributed by atoms with Gasteiger partial charge in [-0.15, -0.1) is 0 Å². The number of nitrogens with zero attached hydrogens (tertiary/aromatic N) is 1. The first-order chi connectivity index (χ1) is 5.43. The molecule has 0 unspecified atom stereocenters. The summed E-state index contributed by atoms with van der Waals surface area (Å²) >= 11 is 0. The van der Waals surface area contributed by atoms with E-state index in [-0.39, 0.29) is 5.41 Å². The van der Waals surface area contributed by atoms with Crippen molar-refractivity contribution >= 4 is 0 Å². The Morgan fingerprint density at radius 1 is 1.25 bits per heavy atom. The number of halogens is 2. The average molecular weight is 171 g/mol.